The molecule has 24 heavy (non-hydrogen) atoms. The van der Waals surface area contributed by atoms with Gasteiger partial charge in [0.15, 0.2) is 5.58 Å². The number of rotatable bonds is 2. The molecule has 0 aliphatic carbocycles. The molecule has 0 bridgehead atoms. The summed E-state index contributed by atoms with van der Waals surface area (Å²) >= 11 is 0. The molecule has 1 aliphatic heterocycles. The third kappa shape index (κ3) is 2.33. The Balaban J connectivity index is 1.94. The molecule has 1 fully saturated rings. The third-order valence-corrected chi connectivity index (χ3v) is 5.38. The molecule has 0 saturated carbocycles. The maximum Gasteiger partial charge on any atom is 0.341 e. The lowest BCUT2D eigenvalue weighted by molar-refractivity contribution is -0.139. The van der Waals surface area contributed by atoms with Crippen LogP contribution in [0.5, 0.6) is 0 Å². The summed E-state index contributed by atoms with van der Waals surface area (Å²) in [6.45, 7) is 1.83. The summed E-state index contributed by atoms with van der Waals surface area (Å²) in [7, 11) is -2.06. The molecule has 1 aromatic carbocycles. The van der Waals surface area contributed by atoms with Crippen molar-refractivity contribution in [3.63, 3.8) is 0 Å². The summed E-state index contributed by atoms with van der Waals surface area (Å²) in [5, 5.41) is 7.31. The number of benzene rings is 1. The Kier molecular flexibility index (Phi) is 3.59. The summed E-state index contributed by atoms with van der Waals surface area (Å²) < 4.78 is 30.0. The highest BCUT2D eigenvalue weighted by molar-refractivity contribution is 7.88. The topological polar surface area (TPSA) is 126 Å². The van der Waals surface area contributed by atoms with Crippen molar-refractivity contribution in [2.75, 3.05) is 14.1 Å². The second-order valence-electron chi connectivity index (χ2n) is 5.16. The van der Waals surface area contributed by atoms with E-state index in [4.69, 9.17) is 4.42 Å². The highest BCUT2D eigenvalue weighted by Gasteiger charge is 2.46. The van der Waals surface area contributed by atoms with E-state index in [0.29, 0.717) is 19.7 Å². The van der Waals surface area contributed by atoms with E-state index >= 15 is 0 Å². The largest absolute Gasteiger partial charge is 0.421 e. The molecule has 0 radical (unpaired) electrons. The van der Waals surface area contributed by atoms with E-state index in [1.165, 1.54) is 0 Å². The van der Waals surface area contributed by atoms with E-state index in [2.05, 4.69) is 15.2 Å². The van der Waals surface area contributed by atoms with Crippen molar-refractivity contribution in [1.82, 2.24) is 13.6 Å². The Bertz CT molecular complexity index is 952. The number of amides is 2. The zero-order valence-corrected chi connectivity index (χ0v) is 13.8. The number of carbonyl (C=O) groups excluding carboxylic acids is 2. The molecule has 1 aromatic heterocycles. The van der Waals surface area contributed by atoms with E-state index in [9.17, 15) is 18.0 Å². The minimum absolute atomic E-state index is 0.126. The number of hydrogen-bond donors (Lipinski definition) is 0. The summed E-state index contributed by atoms with van der Waals surface area (Å²) in [6.07, 6.45) is 0. The van der Waals surface area contributed by atoms with Crippen LogP contribution < -0.4 is 0 Å². The summed E-state index contributed by atoms with van der Waals surface area (Å²) in [6, 6.07) is 3.62. The van der Waals surface area contributed by atoms with Gasteiger partial charge in [0.1, 0.15) is 5.52 Å². The molecular formula is C13H13N5O5S. The minimum atomic E-state index is -4.15. The number of fused-ring (bicyclic) bond motifs is 1. The molecule has 126 valence electrons. The van der Waals surface area contributed by atoms with Crippen molar-refractivity contribution < 1.29 is 22.4 Å². The first-order valence-electron chi connectivity index (χ1n) is 6.81. The summed E-state index contributed by atoms with van der Waals surface area (Å²) in [5.74, 6) is -1.98. The van der Waals surface area contributed by atoms with Crippen molar-refractivity contribution in [2.45, 2.75) is 13.0 Å². The molecule has 2 heterocycles. The highest BCUT2D eigenvalue weighted by Crippen LogP contribution is 2.25. The van der Waals surface area contributed by atoms with Gasteiger partial charge >= 0.3 is 16.2 Å². The Hall–Kier alpha value is -2.82. The molecule has 1 aliphatic rings. The highest BCUT2D eigenvalue weighted by atomic mass is 32.2. The van der Waals surface area contributed by atoms with Gasteiger partial charge in [-0.1, -0.05) is 17.2 Å². The van der Waals surface area contributed by atoms with Crippen LogP contribution >= 0.6 is 0 Å². The summed E-state index contributed by atoms with van der Waals surface area (Å²) in [5.41, 5.74) is 1.92. The fraction of sp³-hybridized carbons (Fsp3) is 0.308. The molecule has 0 spiro atoms. The van der Waals surface area contributed by atoms with Gasteiger partial charge < -0.3 is 4.42 Å². The van der Waals surface area contributed by atoms with Gasteiger partial charge in [0.2, 0.25) is 6.04 Å². The summed E-state index contributed by atoms with van der Waals surface area (Å²) in [4.78, 5) is 28.2. The first-order valence-corrected chi connectivity index (χ1v) is 8.20. The second kappa shape index (κ2) is 5.37. The molecule has 2 aromatic rings. The molecule has 0 unspecified atom stereocenters. The number of carbonyl (C=O) groups is 2. The van der Waals surface area contributed by atoms with Crippen molar-refractivity contribution >= 4 is 39.1 Å². The van der Waals surface area contributed by atoms with Crippen molar-refractivity contribution in [2.24, 2.45) is 10.2 Å². The predicted octanol–water partition coefficient (Wildman–Crippen LogP) is 0.764. The van der Waals surface area contributed by atoms with Gasteiger partial charge in [-0.25, -0.2) is 8.61 Å². The van der Waals surface area contributed by atoms with Gasteiger partial charge in [-0.2, -0.15) is 18.5 Å². The van der Waals surface area contributed by atoms with Crippen LogP contribution in [0.4, 0.5) is 6.01 Å². The van der Waals surface area contributed by atoms with Crippen LogP contribution in [0.1, 0.15) is 5.56 Å². The van der Waals surface area contributed by atoms with Gasteiger partial charge in [0, 0.05) is 14.1 Å². The van der Waals surface area contributed by atoms with Gasteiger partial charge in [0.25, 0.3) is 11.8 Å². The number of aromatic nitrogens is 1. The number of azo groups is 1. The van der Waals surface area contributed by atoms with Crippen LogP contribution in [-0.4, -0.2) is 54.0 Å². The van der Waals surface area contributed by atoms with Crippen molar-refractivity contribution in [1.29, 1.82) is 0 Å². The van der Waals surface area contributed by atoms with Gasteiger partial charge in [-0.05, 0) is 18.6 Å². The maximum absolute atomic E-state index is 12.0. The van der Waals surface area contributed by atoms with Gasteiger partial charge in [0.05, 0.1) is 0 Å². The quantitative estimate of drug-likeness (QED) is 0.581. The van der Waals surface area contributed by atoms with Crippen LogP contribution in [-0.2, 0) is 19.8 Å². The lowest BCUT2D eigenvalue weighted by Crippen LogP contribution is -2.58. The van der Waals surface area contributed by atoms with Crippen LogP contribution in [0.3, 0.4) is 0 Å². The standard InChI is InChI=1S/C13H13N5O5S/c1-7-5-4-6-8-10(7)23-13(14-8)16-15-9-11(19)17(2)24(21,22)18(3)12(9)20/h4-6,9H,1-3H3. The predicted molar refractivity (Wildman–Crippen MR) is 81.5 cm³/mol. The van der Waals surface area contributed by atoms with Crippen molar-refractivity contribution in [3.8, 4) is 0 Å². The Morgan fingerprint density at radius 2 is 1.79 bits per heavy atom. The maximum atomic E-state index is 12.0. The van der Waals surface area contributed by atoms with Crippen LogP contribution in [0.25, 0.3) is 11.1 Å². The van der Waals surface area contributed by atoms with Crippen LogP contribution in [0.2, 0.25) is 0 Å². The van der Waals surface area contributed by atoms with E-state index < -0.39 is 28.1 Å². The molecule has 0 N–H and O–H groups in total. The molecule has 2 amide bonds. The van der Waals surface area contributed by atoms with E-state index in [1.54, 1.807) is 12.1 Å². The Morgan fingerprint density at radius 1 is 1.17 bits per heavy atom. The molecule has 3 rings (SSSR count). The second-order valence-corrected chi connectivity index (χ2v) is 7.15. The fourth-order valence-electron chi connectivity index (χ4n) is 2.18. The number of nitrogens with zero attached hydrogens (tertiary/aromatic N) is 5. The van der Waals surface area contributed by atoms with Gasteiger partial charge in [-0.15, -0.1) is 0 Å². The molecule has 1 saturated heterocycles. The third-order valence-electron chi connectivity index (χ3n) is 3.64. The Labute approximate surface area is 136 Å². The van der Waals surface area contributed by atoms with Gasteiger partial charge in [-0.3, -0.25) is 9.59 Å². The zero-order chi connectivity index (χ0) is 17.6. The lowest BCUT2D eigenvalue weighted by Gasteiger charge is -2.31. The lowest BCUT2D eigenvalue weighted by atomic mass is 10.2. The average Bonchev–Trinajstić information content (AvgIpc) is 2.96. The first kappa shape index (κ1) is 16.1. The number of para-hydroxylation sites is 1. The number of oxazole rings is 1. The first-order chi connectivity index (χ1) is 11.2. The normalized spacial score (nSPS) is 19.0. The van der Waals surface area contributed by atoms with Crippen LogP contribution in [0.15, 0.2) is 32.8 Å². The Morgan fingerprint density at radius 3 is 2.38 bits per heavy atom. The minimum Gasteiger partial charge on any atom is -0.421 e. The van der Waals surface area contributed by atoms with Crippen molar-refractivity contribution in [3.05, 3.63) is 23.8 Å². The van der Waals surface area contributed by atoms with E-state index in [0.717, 1.165) is 19.7 Å². The average molecular weight is 351 g/mol. The van der Waals surface area contributed by atoms with E-state index in [-0.39, 0.29) is 6.01 Å². The number of aryl methyl sites for hydroxylation is 1. The smallest absolute Gasteiger partial charge is 0.341 e. The molecule has 10 nitrogen and oxygen atoms in total. The number of hydrogen-bond acceptors (Lipinski definition) is 8. The fourth-order valence-corrected chi connectivity index (χ4v) is 3.21. The van der Waals surface area contributed by atoms with Crippen LogP contribution in [0, 0.1) is 6.92 Å². The zero-order valence-electron chi connectivity index (χ0n) is 13.0. The van der Waals surface area contributed by atoms with E-state index in [1.807, 2.05) is 13.0 Å². The monoisotopic (exact) mass is 351 g/mol. The molecule has 11 heteroatoms. The molecular weight excluding hydrogens is 338 g/mol. The number of likely N-dealkylation sites (N-methyl/N-ethyl adjacent to an activating group) is 2. The molecule has 0 atom stereocenters. The SMILES string of the molecule is Cc1cccc2nc(N=NC3C(=O)N(C)S(=O)(=O)N(C)C3=O)oc12.